The number of sulfonamides is 1. The monoisotopic (exact) mass is 520 g/mol. The molecule has 190 valence electrons. The molecular weight excluding hydrogens is 488 g/mol. The van der Waals surface area contributed by atoms with Gasteiger partial charge in [0.05, 0.1) is 22.2 Å². The fourth-order valence-corrected chi connectivity index (χ4v) is 6.02. The number of benzene rings is 2. The van der Waals surface area contributed by atoms with Crippen LogP contribution in [-0.2, 0) is 32.5 Å². The highest BCUT2D eigenvalue weighted by molar-refractivity contribution is 7.89. The summed E-state index contributed by atoms with van der Waals surface area (Å²) in [7, 11) is -3.76. The van der Waals surface area contributed by atoms with E-state index in [0.717, 1.165) is 29.7 Å². The molecule has 1 heterocycles. The Morgan fingerprint density at radius 2 is 1.66 bits per heavy atom. The van der Waals surface area contributed by atoms with Crippen molar-refractivity contribution in [1.29, 1.82) is 0 Å². The smallest absolute Gasteiger partial charge is 0.243 e. The van der Waals surface area contributed by atoms with Gasteiger partial charge in [-0.25, -0.2) is 8.42 Å². The Morgan fingerprint density at radius 1 is 0.971 bits per heavy atom. The zero-order valence-electron chi connectivity index (χ0n) is 20.4. The third-order valence-electron chi connectivity index (χ3n) is 6.07. The van der Waals surface area contributed by atoms with Crippen LogP contribution in [0.1, 0.15) is 38.3 Å². The van der Waals surface area contributed by atoms with Crippen molar-refractivity contribution in [3.63, 3.8) is 0 Å². The summed E-state index contributed by atoms with van der Waals surface area (Å²) in [6.45, 7) is 7.38. The minimum Gasteiger partial charge on any atom is -0.325 e. The van der Waals surface area contributed by atoms with E-state index in [4.69, 9.17) is 11.6 Å². The van der Waals surface area contributed by atoms with Gasteiger partial charge < -0.3 is 10.6 Å². The third kappa shape index (κ3) is 6.82. The van der Waals surface area contributed by atoms with Gasteiger partial charge in [0.2, 0.25) is 21.8 Å². The Balaban J connectivity index is 1.65. The zero-order valence-corrected chi connectivity index (χ0v) is 22.0. The summed E-state index contributed by atoms with van der Waals surface area (Å²) in [6.07, 6.45) is 2.27. The molecule has 2 N–H and O–H groups in total. The number of hydrogen-bond acceptors (Lipinski definition) is 5. The Hall–Kier alpha value is -2.46. The van der Waals surface area contributed by atoms with Crippen LogP contribution in [0.4, 0.5) is 11.4 Å². The predicted octanol–water partition coefficient (Wildman–Crippen LogP) is 3.76. The first-order chi connectivity index (χ1) is 16.6. The van der Waals surface area contributed by atoms with Gasteiger partial charge in [-0.1, -0.05) is 43.6 Å². The SMILES string of the molecule is CCc1cccc(CC)c1NC(=O)CN1CCCN(S(=O)(=O)c2ccc(NC(C)=O)c(Cl)c2)CC1. The van der Waals surface area contributed by atoms with Gasteiger partial charge in [0, 0.05) is 32.2 Å². The van der Waals surface area contributed by atoms with Gasteiger partial charge in [-0.05, 0) is 55.1 Å². The molecule has 2 aromatic carbocycles. The van der Waals surface area contributed by atoms with Crippen LogP contribution >= 0.6 is 11.6 Å². The van der Waals surface area contributed by atoms with Gasteiger partial charge in [0.15, 0.2) is 0 Å². The molecule has 8 nitrogen and oxygen atoms in total. The van der Waals surface area contributed by atoms with E-state index in [9.17, 15) is 18.0 Å². The molecule has 1 aliphatic rings. The molecule has 1 aliphatic heterocycles. The molecule has 0 atom stereocenters. The number of rotatable bonds is 8. The molecule has 3 rings (SSSR count). The second kappa shape index (κ2) is 12.0. The number of amides is 2. The Kier molecular flexibility index (Phi) is 9.29. The predicted molar refractivity (Wildman–Crippen MR) is 139 cm³/mol. The lowest BCUT2D eigenvalue weighted by atomic mass is 10.0. The molecule has 2 aromatic rings. The van der Waals surface area contributed by atoms with Crippen LogP contribution in [-0.4, -0.2) is 62.2 Å². The zero-order chi connectivity index (χ0) is 25.6. The first-order valence-electron chi connectivity index (χ1n) is 11.9. The number of hydrogen-bond donors (Lipinski definition) is 2. The maximum absolute atomic E-state index is 13.2. The second-order valence-corrected chi connectivity index (χ2v) is 10.9. The van der Waals surface area contributed by atoms with E-state index >= 15 is 0 Å². The molecule has 1 fully saturated rings. The van der Waals surface area contributed by atoms with Crippen LogP contribution in [0.5, 0.6) is 0 Å². The van der Waals surface area contributed by atoms with Crippen LogP contribution in [0.3, 0.4) is 0 Å². The van der Waals surface area contributed by atoms with Crippen LogP contribution in [0.2, 0.25) is 5.02 Å². The summed E-state index contributed by atoms with van der Waals surface area (Å²) in [6, 6.07) is 10.4. The summed E-state index contributed by atoms with van der Waals surface area (Å²) in [5.74, 6) is -0.388. The average molecular weight is 521 g/mol. The van der Waals surface area contributed by atoms with E-state index in [0.29, 0.717) is 31.7 Å². The van der Waals surface area contributed by atoms with E-state index < -0.39 is 10.0 Å². The topological polar surface area (TPSA) is 98.8 Å². The van der Waals surface area contributed by atoms with Crippen molar-refractivity contribution in [3.05, 3.63) is 52.5 Å². The highest BCUT2D eigenvalue weighted by atomic mass is 35.5. The number of anilines is 2. The number of para-hydroxylation sites is 1. The van der Waals surface area contributed by atoms with E-state index in [1.165, 1.54) is 29.4 Å². The quantitative estimate of drug-likeness (QED) is 0.552. The van der Waals surface area contributed by atoms with Crippen LogP contribution in [0.15, 0.2) is 41.3 Å². The third-order valence-corrected chi connectivity index (χ3v) is 8.27. The van der Waals surface area contributed by atoms with Crippen molar-refractivity contribution in [2.75, 3.05) is 43.4 Å². The normalized spacial score (nSPS) is 15.4. The molecular formula is C25H33ClN4O4S. The first kappa shape index (κ1) is 27.1. The summed E-state index contributed by atoms with van der Waals surface area (Å²) >= 11 is 6.19. The van der Waals surface area contributed by atoms with E-state index in [-0.39, 0.29) is 34.8 Å². The van der Waals surface area contributed by atoms with Crippen LogP contribution < -0.4 is 10.6 Å². The van der Waals surface area contributed by atoms with Gasteiger partial charge in [0.1, 0.15) is 0 Å². The number of halogens is 1. The average Bonchev–Trinajstić information content (AvgIpc) is 3.06. The van der Waals surface area contributed by atoms with Crippen molar-refractivity contribution >= 4 is 44.8 Å². The van der Waals surface area contributed by atoms with E-state index in [2.05, 4.69) is 24.5 Å². The lowest BCUT2D eigenvalue weighted by molar-refractivity contribution is -0.117. The van der Waals surface area contributed by atoms with Crippen molar-refractivity contribution in [2.45, 2.75) is 44.9 Å². The number of nitrogens with one attached hydrogen (secondary N) is 2. The van der Waals surface area contributed by atoms with Gasteiger partial charge in [-0.3, -0.25) is 14.5 Å². The number of carbonyl (C=O) groups excluding carboxylic acids is 2. The highest BCUT2D eigenvalue weighted by Gasteiger charge is 2.28. The summed E-state index contributed by atoms with van der Waals surface area (Å²) in [5, 5.41) is 5.82. The number of aryl methyl sites for hydroxylation is 2. The number of carbonyl (C=O) groups is 2. The molecule has 0 aromatic heterocycles. The Morgan fingerprint density at radius 3 is 2.26 bits per heavy atom. The van der Waals surface area contributed by atoms with Crippen molar-refractivity contribution < 1.29 is 18.0 Å². The highest BCUT2D eigenvalue weighted by Crippen LogP contribution is 2.27. The molecule has 35 heavy (non-hydrogen) atoms. The maximum atomic E-state index is 13.2. The molecule has 0 saturated carbocycles. The molecule has 0 aliphatic carbocycles. The standard InChI is InChI=1S/C25H33ClN4O4S/c1-4-19-8-6-9-20(5-2)25(19)28-24(32)17-29-12-7-13-30(15-14-29)35(33,34)21-10-11-23(22(26)16-21)27-18(3)31/h6,8-11,16H,4-5,7,12-15,17H2,1-3H3,(H,27,31)(H,28,32). The minimum absolute atomic E-state index is 0.0751. The molecule has 2 amide bonds. The Labute approximate surface area is 212 Å². The van der Waals surface area contributed by atoms with Gasteiger partial charge in [-0.15, -0.1) is 0 Å². The maximum Gasteiger partial charge on any atom is 0.243 e. The van der Waals surface area contributed by atoms with Crippen LogP contribution in [0.25, 0.3) is 0 Å². The van der Waals surface area contributed by atoms with Crippen molar-refractivity contribution in [2.24, 2.45) is 0 Å². The van der Waals surface area contributed by atoms with Gasteiger partial charge in [-0.2, -0.15) is 4.31 Å². The summed E-state index contributed by atoms with van der Waals surface area (Å²) in [5.41, 5.74) is 3.46. The van der Waals surface area contributed by atoms with E-state index in [1.807, 2.05) is 23.1 Å². The fraction of sp³-hybridized carbons (Fsp3) is 0.440. The fourth-order valence-electron chi connectivity index (χ4n) is 4.23. The molecule has 0 unspecified atom stereocenters. The van der Waals surface area contributed by atoms with Crippen molar-refractivity contribution in [3.8, 4) is 0 Å². The summed E-state index contributed by atoms with van der Waals surface area (Å²) < 4.78 is 27.9. The van der Waals surface area contributed by atoms with Crippen LogP contribution in [0, 0.1) is 0 Å². The van der Waals surface area contributed by atoms with Gasteiger partial charge in [0.25, 0.3) is 0 Å². The molecule has 0 bridgehead atoms. The first-order valence-corrected chi connectivity index (χ1v) is 13.7. The molecule has 0 radical (unpaired) electrons. The molecule has 1 saturated heterocycles. The van der Waals surface area contributed by atoms with Crippen molar-refractivity contribution in [1.82, 2.24) is 9.21 Å². The second-order valence-electron chi connectivity index (χ2n) is 8.56. The van der Waals surface area contributed by atoms with E-state index in [1.54, 1.807) is 0 Å². The van der Waals surface area contributed by atoms with Gasteiger partial charge >= 0.3 is 0 Å². The largest absolute Gasteiger partial charge is 0.325 e. The number of nitrogens with zero attached hydrogens (tertiary/aromatic N) is 2. The lowest BCUT2D eigenvalue weighted by Gasteiger charge is -2.22. The molecule has 10 heteroatoms. The summed E-state index contributed by atoms with van der Waals surface area (Å²) in [4.78, 5) is 26.2. The minimum atomic E-state index is -3.76. The molecule has 0 spiro atoms. The Bertz CT molecular complexity index is 1160. The lowest BCUT2D eigenvalue weighted by Crippen LogP contribution is -2.38.